The van der Waals surface area contributed by atoms with Gasteiger partial charge in [-0.3, -0.25) is 4.68 Å². The number of halogens is 1. The Morgan fingerprint density at radius 2 is 2.00 bits per heavy atom. The molecule has 108 valence electrons. The number of rotatable bonds is 4. The van der Waals surface area contributed by atoms with E-state index in [2.05, 4.69) is 17.3 Å². The quantitative estimate of drug-likeness (QED) is 0.928. The molecule has 1 heterocycles. The second-order valence-electron chi connectivity index (χ2n) is 5.20. The van der Waals surface area contributed by atoms with Crippen LogP contribution in [0.4, 0.5) is 4.39 Å². The highest BCUT2D eigenvalue weighted by Gasteiger charge is 2.22. The van der Waals surface area contributed by atoms with Crippen molar-refractivity contribution in [3.05, 3.63) is 52.1 Å². The van der Waals surface area contributed by atoms with E-state index in [1.165, 1.54) is 6.07 Å². The molecular formula is C16H22FN3. The number of aryl methyl sites for hydroxylation is 3. The Hall–Kier alpha value is -1.68. The maximum absolute atomic E-state index is 13.6. The van der Waals surface area contributed by atoms with Crippen LogP contribution in [-0.4, -0.2) is 16.3 Å². The lowest BCUT2D eigenvalue weighted by molar-refractivity contribution is 0.597. The van der Waals surface area contributed by atoms with E-state index >= 15 is 0 Å². The lowest BCUT2D eigenvalue weighted by atomic mass is 9.93. The highest BCUT2D eigenvalue weighted by Crippen LogP contribution is 2.29. The predicted molar refractivity (Wildman–Crippen MR) is 79.3 cm³/mol. The minimum atomic E-state index is -0.201. The van der Waals surface area contributed by atoms with E-state index in [0.29, 0.717) is 0 Å². The standard InChI is InChI=1S/C16H22FN3/c1-6-18-16(14-9-13(17)8-7-10(14)2)15-11(3)19-20(5)12(15)4/h7-9,16,18H,6H2,1-5H3. The topological polar surface area (TPSA) is 29.9 Å². The average Bonchev–Trinajstić information content (AvgIpc) is 2.64. The Bertz CT molecular complexity index is 616. The molecule has 1 unspecified atom stereocenters. The van der Waals surface area contributed by atoms with Crippen molar-refractivity contribution < 1.29 is 4.39 Å². The largest absolute Gasteiger partial charge is 0.306 e. The van der Waals surface area contributed by atoms with Crippen molar-refractivity contribution >= 4 is 0 Å². The summed E-state index contributed by atoms with van der Waals surface area (Å²) in [6, 6.07) is 4.93. The van der Waals surface area contributed by atoms with Crippen molar-refractivity contribution in [2.75, 3.05) is 6.54 Å². The Balaban J connectivity index is 2.59. The molecule has 1 aromatic carbocycles. The molecule has 0 saturated heterocycles. The molecule has 0 aliphatic heterocycles. The van der Waals surface area contributed by atoms with Crippen molar-refractivity contribution in [1.82, 2.24) is 15.1 Å². The Morgan fingerprint density at radius 3 is 2.55 bits per heavy atom. The molecule has 0 spiro atoms. The minimum absolute atomic E-state index is 0.0237. The molecule has 1 N–H and O–H groups in total. The third-order valence-electron chi connectivity index (χ3n) is 3.81. The second kappa shape index (κ2) is 5.75. The van der Waals surface area contributed by atoms with Gasteiger partial charge in [-0.05, 0) is 50.6 Å². The second-order valence-corrected chi connectivity index (χ2v) is 5.20. The summed E-state index contributed by atoms with van der Waals surface area (Å²) >= 11 is 0. The average molecular weight is 275 g/mol. The lowest BCUT2D eigenvalue weighted by Crippen LogP contribution is -2.24. The smallest absolute Gasteiger partial charge is 0.123 e. The summed E-state index contributed by atoms with van der Waals surface area (Å²) < 4.78 is 15.5. The first-order chi connectivity index (χ1) is 9.45. The number of aromatic nitrogens is 2. The van der Waals surface area contributed by atoms with E-state index in [4.69, 9.17) is 0 Å². The molecule has 1 atom stereocenters. The summed E-state index contributed by atoms with van der Waals surface area (Å²) in [5.74, 6) is -0.201. The van der Waals surface area contributed by atoms with Gasteiger partial charge in [-0.15, -0.1) is 0 Å². The zero-order valence-electron chi connectivity index (χ0n) is 12.8. The van der Waals surface area contributed by atoms with Crippen LogP contribution in [0.25, 0.3) is 0 Å². The monoisotopic (exact) mass is 275 g/mol. The number of nitrogens with zero attached hydrogens (tertiary/aromatic N) is 2. The van der Waals surface area contributed by atoms with Crippen LogP contribution in [0, 0.1) is 26.6 Å². The molecule has 3 nitrogen and oxygen atoms in total. The van der Waals surface area contributed by atoms with Gasteiger partial charge in [-0.25, -0.2) is 4.39 Å². The molecule has 0 bridgehead atoms. The van der Waals surface area contributed by atoms with Gasteiger partial charge < -0.3 is 5.32 Å². The van der Waals surface area contributed by atoms with Crippen molar-refractivity contribution in [3.8, 4) is 0 Å². The highest BCUT2D eigenvalue weighted by atomic mass is 19.1. The molecule has 0 amide bonds. The fraction of sp³-hybridized carbons (Fsp3) is 0.438. The summed E-state index contributed by atoms with van der Waals surface area (Å²) in [4.78, 5) is 0. The van der Waals surface area contributed by atoms with Gasteiger partial charge in [0.1, 0.15) is 5.82 Å². The fourth-order valence-corrected chi connectivity index (χ4v) is 2.70. The molecule has 0 radical (unpaired) electrons. The summed E-state index contributed by atoms with van der Waals surface area (Å²) in [7, 11) is 1.94. The van der Waals surface area contributed by atoms with Crippen molar-refractivity contribution in [1.29, 1.82) is 0 Å². The van der Waals surface area contributed by atoms with Crippen LogP contribution in [0.5, 0.6) is 0 Å². The van der Waals surface area contributed by atoms with Gasteiger partial charge in [0.05, 0.1) is 11.7 Å². The summed E-state index contributed by atoms with van der Waals surface area (Å²) in [5, 5.41) is 7.93. The van der Waals surface area contributed by atoms with E-state index in [1.54, 1.807) is 6.07 Å². The molecule has 0 saturated carbocycles. The van der Waals surface area contributed by atoms with Crippen LogP contribution in [0.3, 0.4) is 0 Å². The van der Waals surface area contributed by atoms with Gasteiger partial charge in [-0.1, -0.05) is 13.0 Å². The normalized spacial score (nSPS) is 12.7. The highest BCUT2D eigenvalue weighted by molar-refractivity contribution is 5.40. The van der Waals surface area contributed by atoms with Crippen molar-refractivity contribution in [2.45, 2.75) is 33.7 Å². The molecule has 2 aromatic rings. The third kappa shape index (κ3) is 2.61. The first-order valence-electron chi connectivity index (χ1n) is 6.95. The van der Waals surface area contributed by atoms with Gasteiger partial charge in [0.2, 0.25) is 0 Å². The zero-order chi connectivity index (χ0) is 14.9. The Morgan fingerprint density at radius 1 is 1.30 bits per heavy atom. The van der Waals surface area contributed by atoms with Crippen LogP contribution in [0.2, 0.25) is 0 Å². The summed E-state index contributed by atoms with van der Waals surface area (Å²) in [6.07, 6.45) is 0. The Labute approximate surface area is 119 Å². The molecule has 0 aliphatic carbocycles. The Kier molecular flexibility index (Phi) is 4.23. The van der Waals surface area contributed by atoms with Crippen LogP contribution < -0.4 is 5.32 Å². The molecule has 0 fully saturated rings. The molecule has 2 rings (SSSR count). The number of hydrogen-bond donors (Lipinski definition) is 1. The predicted octanol–water partition coefficient (Wildman–Crippen LogP) is 3.18. The van der Waals surface area contributed by atoms with Gasteiger partial charge in [0.15, 0.2) is 0 Å². The van der Waals surface area contributed by atoms with E-state index < -0.39 is 0 Å². The molecule has 20 heavy (non-hydrogen) atoms. The first kappa shape index (κ1) is 14.7. The maximum Gasteiger partial charge on any atom is 0.123 e. The van der Waals surface area contributed by atoms with Gasteiger partial charge in [0, 0.05) is 18.3 Å². The molecular weight excluding hydrogens is 253 g/mol. The summed E-state index contributed by atoms with van der Waals surface area (Å²) in [5.41, 5.74) is 5.30. The maximum atomic E-state index is 13.6. The van der Waals surface area contributed by atoms with E-state index in [-0.39, 0.29) is 11.9 Å². The number of hydrogen-bond acceptors (Lipinski definition) is 2. The minimum Gasteiger partial charge on any atom is -0.306 e. The van der Waals surface area contributed by atoms with Crippen LogP contribution in [0.15, 0.2) is 18.2 Å². The van der Waals surface area contributed by atoms with Crippen molar-refractivity contribution in [2.24, 2.45) is 7.05 Å². The lowest BCUT2D eigenvalue weighted by Gasteiger charge is -2.21. The van der Waals surface area contributed by atoms with Crippen LogP contribution in [0.1, 0.15) is 41.0 Å². The van der Waals surface area contributed by atoms with E-state index in [0.717, 1.165) is 34.6 Å². The molecule has 0 aliphatic rings. The fourth-order valence-electron chi connectivity index (χ4n) is 2.70. The van der Waals surface area contributed by atoms with Crippen molar-refractivity contribution in [3.63, 3.8) is 0 Å². The SMILES string of the molecule is CCNC(c1cc(F)ccc1C)c1c(C)nn(C)c1C. The summed E-state index contributed by atoms with van der Waals surface area (Å²) in [6.45, 7) is 8.94. The first-order valence-corrected chi connectivity index (χ1v) is 6.95. The van der Waals surface area contributed by atoms with Crippen LogP contribution >= 0.6 is 0 Å². The molecule has 1 aromatic heterocycles. The van der Waals surface area contributed by atoms with Gasteiger partial charge in [0.25, 0.3) is 0 Å². The van der Waals surface area contributed by atoms with Gasteiger partial charge >= 0.3 is 0 Å². The van der Waals surface area contributed by atoms with Gasteiger partial charge in [-0.2, -0.15) is 5.10 Å². The number of benzene rings is 1. The zero-order valence-corrected chi connectivity index (χ0v) is 12.8. The van der Waals surface area contributed by atoms with E-state index in [1.807, 2.05) is 38.6 Å². The third-order valence-corrected chi connectivity index (χ3v) is 3.81. The van der Waals surface area contributed by atoms with E-state index in [9.17, 15) is 4.39 Å². The van der Waals surface area contributed by atoms with Crippen LogP contribution in [-0.2, 0) is 7.05 Å². The molecule has 4 heteroatoms. The number of nitrogens with one attached hydrogen (secondary N) is 1.